The van der Waals surface area contributed by atoms with Crippen LogP contribution in [0, 0.1) is 11.6 Å². The fourth-order valence-electron chi connectivity index (χ4n) is 2.50. The number of nitrogens with one attached hydrogen (secondary N) is 1. The second-order valence-corrected chi connectivity index (χ2v) is 4.77. The third kappa shape index (κ3) is 2.81. The first-order valence-electron chi connectivity index (χ1n) is 6.57. The van der Waals surface area contributed by atoms with Gasteiger partial charge >= 0.3 is 0 Å². The van der Waals surface area contributed by atoms with Crippen LogP contribution in [0.4, 0.5) is 8.78 Å². The van der Waals surface area contributed by atoms with Gasteiger partial charge in [-0.3, -0.25) is 10.1 Å². The van der Waals surface area contributed by atoms with Crippen LogP contribution in [0.2, 0.25) is 0 Å². The highest BCUT2D eigenvalue weighted by atomic mass is 19.1. The van der Waals surface area contributed by atoms with Crippen molar-refractivity contribution in [3.63, 3.8) is 0 Å². The van der Waals surface area contributed by atoms with E-state index in [2.05, 4.69) is 5.32 Å². The minimum Gasteiger partial charge on any atom is -0.383 e. The van der Waals surface area contributed by atoms with Crippen LogP contribution in [-0.2, 0) is 9.53 Å². The number of carbonyl (C=O) groups excluding carboxylic acids is 1. The Kier molecular flexibility index (Phi) is 4.67. The molecule has 0 spiro atoms. The summed E-state index contributed by atoms with van der Waals surface area (Å²) in [5.41, 5.74) is 0.270. The normalized spacial score (nSPS) is 20.5. The number of benzene rings is 1. The summed E-state index contributed by atoms with van der Waals surface area (Å²) in [5.74, 6) is -1.40. The summed E-state index contributed by atoms with van der Waals surface area (Å²) in [4.78, 5) is 13.6. The maximum absolute atomic E-state index is 13.9. The number of amides is 1. The maximum atomic E-state index is 13.9. The molecule has 1 amide bonds. The van der Waals surface area contributed by atoms with Crippen molar-refractivity contribution in [3.8, 4) is 0 Å². The summed E-state index contributed by atoms with van der Waals surface area (Å²) in [6.45, 7) is 2.46. The van der Waals surface area contributed by atoms with E-state index in [4.69, 9.17) is 4.74 Å². The predicted octanol–water partition coefficient (Wildman–Crippen LogP) is 1.82. The third-order valence-electron chi connectivity index (χ3n) is 3.49. The standard InChI is InChI=1S/C14H18F2N2O2/c1-3-10(8-20-2)18-13(19)7-17-14(18)11-5-4-9(15)6-12(11)16/h4-6,10,14,17H,3,7-8H2,1-2H3. The number of rotatable bonds is 5. The van der Waals surface area contributed by atoms with Gasteiger partial charge in [0.2, 0.25) is 5.91 Å². The lowest BCUT2D eigenvalue weighted by Crippen LogP contribution is -2.42. The summed E-state index contributed by atoms with van der Waals surface area (Å²) in [6.07, 6.45) is 0.115. The fourth-order valence-corrected chi connectivity index (χ4v) is 2.50. The van der Waals surface area contributed by atoms with Gasteiger partial charge in [-0.1, -0.05) is 6.92 Å². The van der Waals surface area contributed by atoms with Crippen molar-refractivity contribution in [2.24, 2.45) is 0 Å². The summed E-state index contributed by atoms with van der Waals surface area (Å²) >= 11 is 0. The molecule has 1 aromatic rings. The lowest BCUT2D eigenvalue weighted by Gasteiger charge is -2.32. The number of nitrogens with zero attached hydrogens (tertiary/aromatic N) is 1. The molecule has 110 valence electrons. The van der Waals surface area contributed by atoms with Gasteiger partial charge in [-0.25, -0.2) is 8.78 Å². The first kappa shape index (κ1) is 14.9. The van der Waals surface area contributed by atoms with E-state index in [0.717, 1.165) is 6.07 Å². The SMILES string of the molecule is CCC(COC)N1C(=O)CNC1c1ccc(F)cc1F. The van der Waals surface area contributed by atoms with Gasteiger partial charge in [-0.05, 0) is 18.6 Å². The van der Waals surface area contributed by atoms with Gasteiger partial charge in [-0.2, -0.15) is 0 Å². The number of methoxy groups -OCH3 is 1. The topological polar surface area (TPSA) is 41.6 Å². The lowest BCUT2D eigenvalue weighted by atomic mass is 10.1. The van der Waals surface area contributed by atoms with Crippen molar-refractivity contribution in [2.45, 2.75) is 25.6 Å². The molecule has 0 aliphatic carbocycles. The Balaban J connectivity index is 2.31. The maximum Gasteiger partial charge on any atom is 0.238 e. The van der Waals surface area contributed by atoms with Gasteiger partial charge in [0.15, 0.2) is 0 Å². The van der Waals surface area contributed by atoms with E-state index in [1.165, 1.54) is 12.1 Å². The van der Waals surface area contributed by atoms with Crippen LogP contribution in [-0.4, -0.2) is 37.1 Å². The molecule has 1 aliphatic heterocycles. The Bertz CT molecular complexity index is 496. The fraction of sp³-hybridized carbons (Fsp3) is 0.500. The monoisotopic (exact) mass is 284 g/mol. The number of ether oxygens (including phenoxy) is 1. The average Bonchev–Trinajstić information content (AvgIpc) is 2.78. The smallest absolute Gasteiger partial charge is 0.238 e. The largest absolute Gasteiger partial charge is 0.383 e. The molecule has 2 atom stereocenters. The molecule has 1 heterocycles. The molecule has 1 aliphatic rings. The molecule has 2 rings (SSSR count). The molecule has 4 nitrogen and oxygen atoms in total. The van der Waals surface area contributed by atoms with Crippen molar-refractivity contribution >= 4 is 5.91 Å². The molecule has 1 fully saturated rings. The second-order valence-electron chi connectivity index (χ2n) is 4.77. The van der Waals surface area contributed by atoms with E-state index in [1.807, 2.05) is 6.92 Å². The first-order valence-corrected chi connectivity index (χ1v) is 6.57. The second kappa shape index (κ2) is 6.28. The Labute approximate surface area is 116 Å². The van der Waals surface area contributed by atoms with E-state index in [0.29, 0.717) is 13.0 Å². The van der Waals surface area contributed by atoms with Crippen LogP contribution >= 0.6 is 0 Å². The Morgan fingerprint density at radius 2 is 2.25 bits per heavy atom. The third-order valence-corrected chi connectivity index (χ3v) is 3.49. The predicted molar refractivity (Wildman–Crippen MR) is 69.9 cm³/mol. The lowest BCUT2D eigenvalue weighted by molar-refractivity contribution is -0.131. The molecule has 0 bridgehead atoms. The summed E-state index contributed by atoms with van der Waals surface area (Å²) in [7, 11) is 1.56. The molecule has 0 saturated carbocycles. The molecule has 1 saturated heterocycles. The van der Waals surface area contributed by atoms with Crippen molar-refractivity contribution in [2.75, 3.05) is 20.3 Å². The highest BCUT2D eigenvalue weighted by molar-refractivity contribution is 5.81. The number of hydrogen-bond donors (Lipinski definition) is 1. The first-order chi connectivity index (χ1) is 9.58. The molecule has 20 heavy (non-hydrogen) atoms. The molecule has 0 radical (unpaired) electrons. The number of halogens is 2. The van der Waals surface area contributed by atoms with Gasteiger partial charge < -0.3 is 9.64 Å². The average molecular weight is 284 g/mol. The van der Waals surface area contributed by atoms with Crippen LogP contribution in [0.15, 0.2) is 18.2 Å². The highest BCUT2D eigenvalue weighted by Crippen LogP contribution is 2.28. The van der Waals surface area contributed by atoms with Crippen LogP contribution < -0.4 is 5.32 Å². The number of hydrogen-bond acceptors (Lipinski definition) is 3. The van der Waals surface area contributed by atoms with Crippen molar-refractivity contribution in [1.82, 2.24) is 10.2 Å². The van der Waals surface area contributed by atoms with Gasteiger partial charge in [0.1, 0.15) is 17.8 Å². The Morgan fingerprint density at radius 3 is 2.85 bits per heavy atom. The van der Waals surface area contributed by atoms with Gasteiger partial charge in [0.25, 0.3) is 0 Å². The van der Waals surface area contributed by atoms with Crippen LogP contribution in [0.25, 0.3) is 0 Å². The quantitative estimate of drug-likeness (QED) is 0.896. The van der Waals surface area contributed by atoms with Crippen molar-refractivity contribution in [1.29, 1.82) is 0 Å². The minimum atomic E-state index is -0.658. The van der Waals surface area contributed by atoms with E-state index in [1.54, 1.807) is 12.0 Å². The van der Waals surface area contributed by atoms with Gasteiger partial charge in [-0.15, -0.1) is 0 Å². The molecule has 1 aromatic carbocycles. The molecule has 6 heteroatoms. The highest BCUT2D eigenvalue weighted by Gasteiger charge is 2.37. The minimum absolute atomic E-state index is 0.109. The van der Waals surface area contributed by atoms with E-state index in [-0.39, 0.29) is 24.1 Å². The molecular weight excluding hydrogens is 266 g/mol. The molecule has 2 unspecified atom stereocenters. The summed E-state index contributed by atoms with van der Waals surface area (Å²) in [5, 5.41) is 2.96. The summed E-state index contributed by atoms with van der Waals surface area (Å²) in [6, 6.07) is 3.25. The zero-order chi connectivity index (χ0) is 14.7. The summed E-state index contributed by atoms with van der Waals surface area (Å²) < 4.78 is 32.0. The van der Waals surface area contributed by atoms with Crippen molar-refractivity contribution in [3.05, 3.63) is 35.4 Å². The van der Waals surface area contributed by atoms with Gasteiger partial charge in [0.05, 0.1) is 19.2 Å². The number of carbonyl (C=O) groups is 1. The van der Waals surface area contributed by atoms with E-state index < -0.39 is 17.8 Å². The zero-order valence-corrected chi connectivity index (χ0v) is 11.5. The van der Waals surface area contributed by atoms with Crippen LogP contribution in [0.3, 0.4) is 0 Å². The Hall–Kier alpha value is -1.53. The van der Waals surface area contributed by atoms with Crippen molar-refractivity contribution < 1.29 is 18.3 Å². The van der Waals surface area contributed by atoms with Crippen LogP contribution in [0.5, 0.6) is 0 Å². The molecule has 0 aromatic heterocycles. The van der Waals surface area contributed by atoms with E-state index in [9.17, 15) is 13.6 Å². The Morgan fingerprint density at radius 1 is 1.50 bits per heavy atom. The zero-order valence-electron chi connectivity index (χ0n) is 11.5. The van der Waals surface area contributed by atoms with Crippen LogP contribution in [0.1, 0.15) is 25.1 Å². The molecular formula is C14H18F2N2O2. The van der Waals surface area contributed by atoms with E-state index >= 15 is 0 Å². The van der Waals surface area contributed by atoms with Gasteiger partial charge in [0, 0.05) is 18.7 Å². The molecule has 1 N–H and O–H groups in total.